The summed E-state index contributed by atoms with van der Waals surface area (Å²) in [4.78, 5) is 0. The van der Waals surface area contributed by atoms with Crippen molar-refractivity contribution >= 4 is 0 Å². The Morgan fingerprint density at radius 1 is 1.38 bits per heavy atom. The SMILES string of the molecule is CC#CCn1nc(CC)cc1CC. The maximum atomic E-state index is 4.45. The zero-order valence-corrected chi connectivity index (χ0v) is 8.59. The van der Waals surface area contributed by atoms with E-state index in [1.807, 2.05) is 11.6 Å². The smallest absolute Gasteiger partial charge is 0.102 e. The third-order valence-electron chi connectivity index (χ3n) is 2.04. The molecule has 0 spiro atoms. The molecule has 70 valence electrons. The number of aryl methyl sites for hydroxylation is 2. The molecule has 1 aromatic rings. The predicted molar refractivity (Wildman–Crippen MR) is 54.4 cm³/mol. The summed E-state index contributed by atoms with van der Waals surface area (Å²) < 4.78 is 2.00. The van der Waals surface area contributed by atoms with Gasteiger partial charge in [-0.25, -0.2) is 0 Å². The van der Waals surface area contributed by atoms with Gasteiger partial charge in [0.15, 0.2) is 0 Å². The van der Waals surface area contributed by atoms with Crippen LogP contribution in [0.4, 0.5) is 0 Å². The van der Waals surface area contributed by atoms with Gasteiger partial charge in [0, 0.05) is 5.69 Å². The van der Waals surface area contributed by atoms with Crippen molar-refractivity contribution in [2.24, 2.45) is 0 Å². The minimum atomic E-state index is 0.722. The van der Waals surface area contributed by atoms with Gasteiger partial charge in [0.2, 0.25) is 0 Å². The maximum Gasteiger partial charge on any atom is 0.102 e. The molecule has 0 N–H and O–H groups in total. The van der Waals surface area contributed by atoms with E-state index in [1.54, 1.807) is 0 Å². The third-order valence-corrected chi connectivity index (χ3v) is 2.04. The Morgan fingerprint density at radius 2 is 2.15 bits per heavy atom. The Labute approximate surface area is 80.0 Å². The lowest BCUT2D eigenvalue weighted by molar-refractivity contribution is 0.663. The van der Waals surface area contributed by atoms with Crippen molar-refractivity contribution in [3.8, 4) is 11.8 Å². The highest BCUT2D eigenvalue weighted by atomic mass is 15.3. The second-order valence-corrected chi connectivity index (χ2v) is 2.92. The highest BCUT2D eigenvalue weighted by Crippen LogP contribution is 2.05. The molecular formula is C11H16N2. The van der Waals surface area contributed by atoms with Gasteiger partial charge in [0.1, 0.15) is 6.54 Å². The molecule has 0 radical (unpaired) electrons. The fourth-order valence-corrected chi connectivity index (χ4v) is 1.26. The van der Waals surface area contributed by atoms with E-state index in [2.05, 4.69) is 36.9 Å². The monoisotopic (exact) mass is 176 g/mol. The Morgan fingerprint density at radius 3 is 2.69 bits per heavy atom. The van der Waals surface area contributed by atoms with Crippen molar-refractivity contribution in [3.63, 3.8) is 0 Å². The molecule has 0 saturated heterocycles. The van der Waals surface area contributed by atoms with Crippen molar-refractivity contribution in [2.75, 3.05) is 0 Å². The Hall–Kier alpha value is -1.23. The standard InChI is InChI=1S/C11H16N2/c1-4-7-8-13-11(6-3)9-10(5-2)12-13/h9H,5-6,8H2,1-3H3. The van der Waals surface area contributed by atoms with E-state index in [0.717, 1.165) is 25.1 Å². The minimum absolute atomic E-state index is 0.722. The van der Waals surface area contributed by atoms with Crippen LogP contribution in [0.2, 0.25) is 0 Å². The van der Waals surface area contributed by atoms with Crippen molar-refractivity contribution < 1.29 is 0 Å². The quantitative estimate of drug-likeness (QED) is 0.644. The highest BCUT2D eigenvalue weighted by Gasteiger charge is 2.02. The molecule has 0 aliphatic carbocycles. The second-order valence-electron chi connectivity index (χ2n) is 2.92. The lowest BCUT2D eigenvalue weighted by Gasteiger charge is -1.98. The lowest BCUT2D eigenvalue weighted by atomic mass is 10.3. The fraction of sp³-hybridized carbons (Fsp3) is 0.545. The van der Waals surface area contributed by atoms with Crippen molar-refractivity contribution in [2.45, 2.75) is 40.2 Å². The van der Waals surface area contributed by atoms with Gasteiger partial charge in [0.25, 0.3) is 0 Å². The number of aromatic nitrogens is 2. The van der Waals surface area contributed by atoms with Crippen LogP contribution in [0, 0.1) is 11.8 Å². The topological polar surface area (TPSA) is 17.8 Å². The van der Waals surface area contributed by atoms with Crippen LogP contribution < -0.4 is 0 Å². The molecule has 2 heteroatoms. The largest absolute Gasteiger partial charge is 0.257 e. The van der Waals surface area contributed by atoms with Gasteiger partial charge in [-0.1, -0.05) is 19.8 Å². The Bertz CT molecular complexity index is 326. The molecule has 0 aliphatic heterocycles. The van der Waals surface area contributed by atoms with E-state index in [0.29, 0.717) is 0 Å². The van der Waals surface area contributed by atoms with E-state index >= 15 is 0 Å². The van der Waals surface area contributed by atoms with Crippen LogP contribution in [-0.2, 0) is 19.4 Å². The molecule has 0 bridgehead atoms. The van der Waals surface area contributed by atoms with Crippen LogP contribution in [0.1, 0.15) is 32.2 Å². The molecule has 1 aromatic heterocycles. The van der Waals surface area contributed by atoms with E-state index in [-0.39, 0.29) is 0 Å². The molecule has 0 aromatic carbocycles. The Kier molecular flexibility index (Phi) is 3.57. The van der Waals surface area contributed by atoms with E-state index < -0.39 is 0 Å². The predicted octanol–water partition coefficient (Wildman–Crippen LogP) is 2.03. The molecule has 1 rings (SSSR count). The first-order chi connectivity index (χ1) is 6.31. The summed E-state index contributed by atoms with van der Waals surface area (Å²) in [7, 11) is 0. The van der Waals surface area contributed by atoms with Gasteiger partial charge < -0.3 is 0 Å². The number of rotatable bonds is 3. The lowest BCUT2D eigenvalue weighted by Crippen LogP contribution is -2.02. The van der Waals surface area contributed by atoms with E-state index in [1.165, 1.54) is 5.69 Å². The zero-order valence-electron chi connectivity index (χ0n) is 8.59. The zero-order chi connectivity index (χ0) is 9.68. The molecular weight excluding hydrogens is 160 g/mol. The Balaban J connectivity index is 2.87. The van der Waals surface area contributed by atoms with Crippen LogP contribution in [0.3, 0.4) is 0 Å². The van der Waals surface area contributed by atoms with Gasteiger partial charge in [-0.15, -0.1) is 5.92 Å². The average molecular weight is 176 g/mol. The fourth-order valence-electron chi connectivity index (χ4n) is 1.26. The molecule has 2 nitrogen and oxygen atoms in total. The molecule has 0 saturated carbocycles. The summed E-state index contributed by atoms with van der Waals surface area (Å²) in [5.41, 5.74) is 2.44. The molecule has 0 unspecified atom stereocenters. The first-order valence-electron chi connectivity index (χ1n) is 4.77. The molecule has 0 amide bonds. The van der Waals surface area contributed by atoms with E-state index in [9.17, 15) is 0 Å². The highest BCUT2D eigenvalue weighted by molar-refractivity contribution is 5.12. The first kappa shape index (κ1) is 9.85. The summed E-state index contributed by atoms with van der Waals surface area (Å²) in [5, 5.41) is 4.45. The van der Waals surface area contributed by atoms with Gasteiger partial charge in [0.05, 0.1) is 5.69 Å². The molecule has 0 aliphatic rings. The summed E-state index contributed by atoms with van der Waals surface area (Å²) >= 11 is 0. The van der Waals surface area contributed by atoms with E-state index in [4.69, 9.17) is 0 Å². The molecule has 0 atom stereocenters. The summed E-state index contributed by atoms with van der Waals surface area (Å²) in [6, 6.07) is 2.16. The van der Waals surface area contributed by atoms with Crippen LogP contribution in [0.15, 0.2) is 6.07 Å². The summed E-state index contributed by atoms with van der Waals surface area (Å²) in [6.07, 6.45) is 2.03. The molecule has 1 heterocycles. The van der Waals surface area contributed by atoms with Crippen molar-refractivity contribution in [1.82, 2.24) is 9.78 Å². The molecule has 0 fully saturated rings. The molecule has 13 heavy (non-hydrogen) atoms. The van der Waals surface area contributed by atoms with Crippen molar-refractivity contribution in [3.05, 3.63) is 17.5 Å². The average Bonchev–Trinajstić information content (AvgIpc) is 2.57. The number of hydrogen-bond donors (Lipinski definition) is 0. The third kappa shape index (κ3) is 2.35. The van der Waals surface area contributed by atoms with Gasteiger partial charge in [-0.05, 0) is 25.8 Å². The van der Waals surface area contributed by atoms with Gasteiger partial charge >= 0.3 is 0 Å². The number of hydrogen-bond acceptors (Lipinski definition) is 1. The normalized spacial score (nSPS) is 9.46. The maximum absolute atomic E-state index is 4.45. The van der Waals surface area contributed by atoms with Gasteiger partial charge in [-0.2, -0.15) is 5.10 Å². The van der Waals surface area contributed by atoms with Crippen molar-refractivity contribution in [1.29, 1.82) is 0 Å². The van der Waals surface area contributed by atoms with Crippen LogP contribution in [-0.4, -0.2) is 9.78 Å². The first-order valence-corrected chi connectivity index (χ1v) is 4.77. The van der Waals surface area contributed by atoms with Gasteiger partial charge in [-0.3, -0.25) is 4.68 Å². The van der Waals surface area contributed by atoms with Crippen LogP contribution >= 0.6 is 0 Å². The van der Waals surface area contributed by atoms with Crippen LogP contribution in [0.25, 0.3) is 0 Å². The minimum Gasteiger partial charge on any atom is -0.257 e. The number of nitrogens with zero attached hydrogens (tertiary/aromatic N) is 2. The summed E-state index contributed by atoms with van der Waals surface area (Å²) in [5.74, 6) is 5.91. The summed E-state index contributed by atoms with van der Waals surface area (Å²) in [6.45, 7) is 6.85. The van der Waals surface area contributed by atoms with Crippen LogP contribution in [0.5, 0.6) is 0 Å². The second kappa shape index (κ2) is 4.71.